The quantitative estimate of drug-likeness (QED) is 0.823. The Balaban J connectivity index is 1.73. The van der Waals surface area contributed by atoms with Crippen molar-refractivity contribution in [2.24, 2.45) is 0 Å². The summed E-state index contributed by atoms with van der Waals surface area (Å²) in [6.45, 7) is 1.36. The molecule has 0 amide bonds. The van der Waals surface area contributed by atoms with Gasteiger partial charge in [0, 0.05) is 26.7 Å². The van der Waals surface area contributed by atoms with Gasteiger partial charge in [-0.25, -0.2) is 0 Å². The van der Waals surface area contributed by atoms with Crippen LogP contribution in [0.2, 0.25) is 0 Å². The topological polar surface area (TPSA) is 49.9 Å². The van der Waals surface area contributed by atoms with E-state index in [1.807, 2.05) is 48.5 Å². The lowest BCUT2D eigenvalue weighted by atomic mass is 10.0. The predicted molar refractivity (Wildman–Crippen MR) is 98.8 cm³/mol. The zero-order valence-corrected chi connectivity index (χ0v) is 15.5. The molecule has 1 aliphatic rings. The van der Waals surface area contributed by atoms with Gasteiger partial charge in [-0.15, -0.1) is 0 Å². The number of fused-ring (bicyclic) bond motifs is 1. The monoisotopic (exact) mass is 360 g/mol. The molecule has 1 heterocycles. The van der Waals surface area contributed by atoms with Gasteiger partial charge in [0.05, 0.1) is 7.11 Å². The molecule has 0 fully saturated rings. The summed E-state index contributed by atoms with van der Waals surface area (Å²) in [5.41, 5.74) is 3.35. The average Bonchev–Trinajstić information content (AvgIpc) is 2.84. The van der Waals surface area contributed by atoms with Crippen LogP contribution in [0.5, 0.6) is 5.75 Å². The van der Waals surface area contributed by atoms with E-state index < -0.39 is 10.2 Å². The lowest BCUT2D eigenvalue weighted by Gasteiger charge is -2.26. The molecule has 0 saturated carbocycles. The molecule has 2 aromatic rings. The summed E-state index contributed by atoms with van der Waals surface area (Å²) in [6.07, 6.45) is 1.42. The molecule has 0 bridgehead atoms. The van der Waals surface area contributed by atoms with E-state index in [0.717, 1.165) is 17.7 Å². The molecule has 6 heteroatoms. The molecule has 0 unspecified atom stereocenters. The summed E-state index contributed by atoms with van der Waals surface area (Å²) >= 11 is 0. The van der Waals surface area contributed by atoms with E-state index >= 15 is 0 Å². The minimum Gasteiger partial charge on any atom is -0.497 e. The molecule has 3 rings (SSSR count). The maximum absolute atomic E-state index is 12.9. The fourth-order valence-electron chi connectivity index (χ4n) is 3.16. The van der Waals surface area contributed by atoms with Crippen LogP contribution in [0.3, 0.4) is 0 Å². The molecule has 5 nitrogen and oxygen atoms in total. The summed E-state index contributed by atoms with van der Waals surface area (Å²) in [4.78, 5) is 0. The van der Waals surface area contributed by atoms with Gasteiger partial charge in [0.15, 0.2) is 0 Å². The highest BCUT2D eigenvalue weighted by molar-refractivity contribution is 7.86. The van der Waals surface area contributed by atoms with Gasteiger partial charge >= 0.3 is 0 Å². The highest BCUT2D eigenvalue weighted by Crippen LogP contribution is 2.23. The summed E-state index contributed by atoms with van der Waals surface area (Å²) in [5, 5.41) is 0. The second-order valence-electron chi connectivity index (χ2n) is 6.28. The van der Waals surface area contributed by atoms with Gasteiger partial charge in [-0.1, -0.05) is 36.4 Å². The van der Waals surface area contributed by atoms with Gasteiger partial charge in [-0.3, -0.25) is 0 Å². The number of hydrogen-bond donors (Lipinski definition) is 0. The van der Waals surface area contributed by atoms with Crippen molar-refractivity contribution in [1.29, 1.82) is 0 Å². The number of nitrogens with zero attached hydrogens (tertiary/aromatic N) is 2. The maximum Gasteiger partial charge on any atom is 0.282 e. The van der Waals surface area contributed by atoms with E-state index in [1.165, 1.54) is 15.4 Å². The molecular weight excluding hydrogens is 336 g/mol. The summed E-state index contributed by atoms with van der Waals surface area (Å²) in [5.74, 6) is 0.816. The molecule has 0 N–H and O–H groups in total. The highest BCUT2D eigenvalue weighted by atomic mass is 32.2. The number of hydrogen-bond acceptors (Lipinski definition) is 3. The van der Waals surface area contributed by atoms with Crippen LogP contribution in [0.15, 0.2) is 48.5 Å². The zero-order valence-electron chi connectivity index (χ0n) is 14.7. The molecule has 134 valence electrons. The van der Waals surface area contributed by atoms with Crippen LogP contribution < -0.4 is 4.74 Å². The molecule has 0 aliphatic carbocycles. The SMILES string of the molecule is COc1ccc2c(c1)CCN(S(=O)(=O)N(C)Cc1ccccc1)CC2. The van der Waals surface area contributed by atoms with Gasteiger partial charge < -0.3 is 4.74 Å². The second-order valence-corrected chi connectivity index (χ2v) is 8.32. The Labute approximate surface area is 150 Å². The van der Waals surface area contributed by atoms with Crippen LogP contribution in [0, 0.1) is 0 Å². The zero-order chi connectivity index (χ0) is 17.9. The summed E-state index contributed by atoms with van der Waals surface area (Å²) in [7, 11) is -0.193. The molecule has 0 radical (unpaired) electrons. The fraction of sp³-hybridized carbons (Fsp3) is 0.368. The first kappa shape index (κ1) is 17.9. The highest BCUT2D eigenvalue weighted by Gasteiger charge is 2.28. The van der Waals surface area contributed by atoms with Gasteiger partial charge in [0.2, 0.25) is 0 Å². The Hall–Kier alpha value is -1.89. The molecule has 0 atom stereocenters. The Morgan fingerprint density at radius 3 is 2.40 bits per heavy atom. The van der Waals surface area contributed by atoms with Gasteiger partial charge in [0.1, 0.15) is 5.75 Å². The minimum absolute atomic E-state index is 0.375. The molecular formula is C19H24N2O3S. The molecule has 25 heavy (non-hydrogen) atoms. The third kappa shape index (κ3) is 4.03. The van der Waals surface area contributed by atoms with Crippen molar-refractivity contribution in [2.75, 3.05) is 27.2 Å². The maximum atomic E-state index is 12.9. The standard InChI is InChI=1S/C19H24N2O3S/c1-20(15-16-6-4-3-5-7-16)25(22,23)21-12-10-17-8-9-19(24-2)14-18(17)11-13-21/h3-9,14H,10-13,15H2,1-2H3. The summed E-state index contributed by atoms with van der Waals surface area (Å²) in [6, 6.07) is 15.6. The molecule has 0 saturated heterocycles. The number of ether oxygens (including phenoxy) is 1. The number of benzene rings is 2. The van der Waals surface area contributed by atoms with Crippen LogP contribution >= 0.6 is 0 Å². The third-order valence-electron chi connectivity index (χ3n) is 4.64. The van der Waals surface area contributed by atoms with Crippen LogP contribution in [-0.4, -0.2) is 44.3 Å². The third-order valence-corrected chi connectivity index (χ3v) is 6.58. The van der Waals surface area contributed by atoms with Gasteiger partial charge in [-0.2, -0.15) is 17.0 Å². The number of rotatable bonds is 5. The van der Waals surface area contributed by atoms with Crippen molar-refractivity contribution >= 4 is 10.2 Å². The average molecular weight is 360 g/mol. The van der Waals surface area contributed by atoms with E-state index in [1.54, 1.807) is 18.5 Å². The van der Waals surface area contributed by atoms with Crippen molar-refractivity contribution in [3.05, 3.63) is 65.2 Å². The Kier molecular flexibility index (Phi) is 5.42. The largest absolute Gasteiger partial charge is 0.497 e. The molecule has 0 spiro atoms. The predicted octanol–water partition coefficient (Wildman–Crippen LogP) is 2.47. The summed E-state index contributed by atoms with van der Waals surface area (Å²) < 4.78 is 34.2. The lowest BCUT2D eigenvalue weighted by Crippen LogP contribution is -2.42. The fourth-order valence-corrected chi connectivity index (χ4v) is 4.51. The molecule has 2 aromatic carbocycles. The van der Waals surface area contributed by atoms with Crippen LogP contribution in [0.25, 0.3) is 0 Å². The first-order valence-electron chi connectivity index (χ1n) is 8.42. The lowest BCUT2D eigenvalue weighted by molar-refractivity contribution is 0.364. The Bertz CT molecular complexity index is 822. The van der Waals surface area contributed by atoms with E-state index in [4.69, 9.17) is 4.74 Å². The molecule has 0 aromatic heterocycles. The van der Waals surface area contributed by atoms with Crippen molar-refractivity contribution in [3.63, 3.8) is 0 Å². The Morgan fingerprint density at radius 1 is 1.04 bits per heavy atom. The first-order chi connectivity index (χ1) is 12.0. The van der Waals surface area contributed by atoms with Crippen LogP contribution in [0.1, 0.15) is 16.7 Å². The van der Waals surface area contributed by atoms with E-state index in [2.05, 4.69) is 0 Å². The number of methoxy groups -OCH3 is 1. The van der Waals surface area contributed by atoms with E-state index in [0.29, 0.717) is 26.1 Å². The Morgan fingerprint density at radius 2 is 1.72 bits per heavy atom. The van der Waals surface area contributed by atoms with E-state index in [-0.39, 0.29) is 0 Å². The van der Waals surface area contributed by atoms with Crippen molar-refractivity contribution in [3.8, 4) is 5.75 Å². The van der Waals surface area contributed by atoms with Crippen LogP contribution in [-0.2, 0) is 29.6 Å². The minimum atomic E-state index is -3.48. The van der Waals surface area contributed by atoms with Gasteiger partial charge in [0.25, 0.3) is 10.2 Å². The first-order valence-corrected chi connectivity index (χ1v) is 9.81. The van der Waals surface area contributed by atoms with E-state index in [9.17, 15) is 8.42 Å². The van der Waals surface area contributed by atoms with Gasteiger partial charge in [-0.05, 0) is 41.7 Å². The van der Waals surface area contributed by atoms with Crippen molar-refractivity contribution in [1.82, 2.24) is 8.61 Å². The second kappa shape index (κ2) is 7.56. The van der Waals surface area contributed by atoms with Crippen molar-refractivity contribution in [2.45, 2.75) is 19.4 Å². The smallest absolute Gasteiger partial charge is 0.282 e. The van der Waals surface area contributed by atoms with Crippen LogP contribution in [0.4, 0.5) is 0 Å². The van der Waals surface area contributed by atoms with Crippen molar-refractivity contribution < 1.29 is 13.2 Å². The molecule has 1 aliphatic heterocycles. The normalized spacial score (nSPS) is 15.6.